The molecule has 0 saturated heterocycles. The Kier molecular flexibility index (Phi) is 2.67. The lowest BCUT2D eigenvalue weighted by Crippen LogP contribution is -2.05. The Bertz CT molecular complexity index is 526. The van der Waals surface area contributed by atoms with Gasteiger partial charge >= 0.3 is 0 Å². The van der Waals surface area contributed by atoms with Crippen LogP contribution in [0.25, 0.3) is 0 Å². The summed E-state index contributed by atoms with van der Waals surface area (Å²) in [7, 11) is 0. The van der Waals surface area contributed by atoms with Gasteiger partial charge in [0.15, 0.2) is 0 Å². The summed E-state index contributed by atoms with van der Waals surface area (Å²) < 4.78 is 2.66. The standard InChI is InChI=1S/C13H14BrN3/c14-12-7-16-17(13(12)15)8-9-1-3-10(4-2-9)11-5-6-11/h1-4,7,11H,5-6,8,15H2. The number of nitrogen functional groups attached to an aromatic ring is 1. The average Bonchev–Trinajstić information content (AvgIpc) is 3.14. The Balaban J connectivity index is 1.78. The molecule has 0 bridgehead atoms. The highest BCUT2D eigenvalue weighted by Crippen LogP contribution is 2.39. The molecule has 1 aliphatic carbocycles. The van der Waals surface area contributed by atoms with Crippen LogP contribution in [0.2, 0.25) is 0 Å². The molecule has 3 rings (SSSR count). The minimum absolute atomic E-state index is 0.677. The zero-order valence-corrected chi connectivity index (χ0v) is 11.0. The molecule has 88 valence electrons. The quantitative estimate of drug-likeness (QED) is 0.944. The largest absolute Gasteiger partial charge is 0.383 e. The Morgan fingerprint density at radius 3 is 2.53 bits per heavy atom. The number of nitrogens with zero attached hydrogens (tertiary/aromatic N) is 2. The van der Waals surface area contributed by atoms with Gasteiger partial charge < -0.3 is 5.73 Å². The third-order valence-corrected chi connectivity index (χ3v) is 3.81. The molecule has 1 aromatic carbocycles. The van der Waals surface area contributed by atoms with Crippen LogP contribution in [-0.4, -0.2) is 9.78 Å². The van der Waals surface area contributed by atoms with Gasteiger partial charge in [0, 0.05) is 0 Å². The number of aromatic nitrogens is 2. The van der Waals surface area contributed by atoms with E-state index in [1.165, 1.54) is 24.0 Å². The first-order valence-electron chi connectivity index (χ1n) is 5.79. The Morgan fingerprint density at radius 1 is 1.29 bits per heavy atom. The molecule has 4 heteroatoms. The van der Waals surface area contributed by atoms with E-state index in [4.69, 9.17) is 5.73 Å². The summed E-state index contributed by atoms with van der Waals surface area (Å²) in [4.78, 5) is 0. The first kappa shape index (κ1) is 10.8. The fourth-order valence-corrected chi connectivity index (χ4v) is 2.28. The number of anilines is 1. The third-order valence-electron chi connectivity index (χ3n) is 3.19. The Labute approximate surface area is 109 Å². The van der Waals surface area contributed by atoms with Crippen LogP contribution >= 0.6 is 15.9 Å². The monoisotopic (exact) mass is 291 g/mol. The van der Waals surface area contributed by atoms with Crippen molar-refractivity contribution in [1.29, 1.82) is 0 Å². The Hall–Kier alpha value is -1.29. The molecule has 0 atom stereocenters. The van der Waals surface area contributed by atoms with Crippen LogP contribution in [-0.2, 0) is 6.54 Å². The van der Waals surface area contributed by atoms with Crippen molar-refractivity contribution in [2.75, 3.05) is 5.73 Å². The zero-order chi connectivity index (χ0) is 11.8. The summed E-state index contributed by atoms with van der Waals surface area (Å²) in [6.45, 7) is 0.725. The zero-order valence-electron chi connectivity index (χ0n) is 9.44. The van der Waals surface area contributed by atoms with Crippen molar-refractivity contribution in [2.45, 2.75) is 25.3 Å². The predicted molar refractivity (Wildman–Crippen MR) is 71.9 cm³/mol. The summed E-state index contributed by atoms with van der Waals surface area (Å²) >= 11 is 3.36. The first-order valence-corrected chi connectivity index (χ1v) is 6.59. The molecule has 1 fully saturated rings. The molecule has 0 aliphatic heterocycles. The van der Waals surface area contributed by atoms with Gasteiger partial charge in [-0.2, -0.15) is 5.10 Å². The van der Waals surface area contributed by atoms with Gasteiger partial charge in [-0.3, -0.25) is 0 Å². The molecule has 2 aromatic rings. The maximum Gasteiger partial charge on any atom is 0.136 e. The van der Waals surface area contributed by atoms with Gasteiger partial charge in [0.1, 0.15) is 5.82 Å². The minimum atomic E-state index is 0.677. The van der Waals surface area contributed by atoms with Crippen molar-refractivity contribution in [1.82, 2.24) is 9.78 Å². The van der Waals surface area contributed by atoms with E-state index in [9.17, 15) is 0 Å². The SMILES string of the molecule is Nc1c(Br)cnn1Cc1ccc(C2CC2)cc1. The molecule has 0 radical (unpaired) electrons. The summed E-state index contributed by atoms with van der Waals surface area (Å²) in [5.74, 6) is 1.49. The third kappa shape index (κ3) is 2.22. The molecule has 1 aliphatic rings. The highest BCUT2D eigenvalue weighted by molar-refractivity contribution is 9.10. The van der Waals surface area contributed by atoms with Crippen molar-refractivity contribution < 1.29 is 0 Å². The van der Waals surface area contributed by atoms with Crippen LogP contribution in [0, 0.1) is 0 Å². The van der Waals surface area contributed by atoms with E-state index in [2.05, 4.69) is 45.3 Å². The number of rotatable bonds is 3. The fraction of sp³-hybridized carbons (Fsp3) is 0.308. The van der Waals surface area contributed by atoms with Crippen molar-refractivity contribution in [3.8, 4) is 0 Å². The van der Waals surface area contributed by atoms with Crippen LogP contribution in [0.15, 0.2) is 34.9 Å². The maximum atomic E-state index is 5.89. The second-order valence-electron chi connectivity index (χ2n) is 4.55. The van der Waals surface area contributed by atoms with Gasteiger partial charge in [-0.25, -0.2) is 4.68 Å². The van der Waals surface area contributed by atoms with E-state index >= 15 is 0 Å². The molecular weight excluding hydrogens is 278 g/mol. The van der Waals surface area contributed by atoms with Crippen LogP contribution in [0.5, 0.6) is 0 Å². The van der Waals surface area contributed by atoms with E-state index < -0.39 is 0 Å². The second-order valence-corrected chi connectivity index (χ2v) is 5.41. The molecule has 0 spiro atoms. The highest BCUT2D eigenvalue weighted by atomic mass is 79.9. The predicted octanol–water partition coefficient (Wildman–Crippen LogP) is 3.15. The Morgan fingerprint density at radius 2 is 2.00 bits per heavy atom. The number of hydrogen-bond acceptors (Lipinski definition) is 2. The highest BCUT2D eigenvalue weighted by Gasteiger charge is 2.22. The molecule has 1 saturated carbocycles. The van der Waals surface area contributed by atoms with E-state index in [1.54, 1.807) is 10.9 Å². The smallest absolute Gasteiger partial charge is 0.136 e. The number of halogens is 1. The molecule has 1 aromatic heterocycles. The summed E-state index contributed by atoms with van der Waals surface area (Å²) in [6.07, 6.45) is 4.42. The molecule has 1 heterocycles. The first-order chi connectivity index (χ1) is 8.24. The van der Waals surface area contributed by atoms with Crippen molar-refractivity contribution in [3.63, 3.8) is 0 Å². The van der Waals surface area contributed by atoms with Crippen molar-refractivity contribution in [3.05, 3.63) is 46.1 Å². The number of hydrogen-bond donors (Lipinski definition) is 1. The average molecular weight is 292 g/mol. The van der Waals surface area contributed by atoms with Gasteiger partial charge in [0.05, 0.1) is 17.2 Å². The summed E-state index contributed by atoms with van der Waals surface area (Å²) in [5.41, 5.74) is 8.59. The van der Waals surface area contributed by atoms with Crippen molar-refractivity contribution in [2.24, 2.45) is 0 Å². The van der Waals surface area contributed by atoms with Gasteiger partial charge in [0.2, 0.25) is 0 Å². The maximum absolute atomic E-state index is 5.89. The fourth-order valence-electron chi connectivity index (χ4n) is 1.98. The van der Waals surface area contributed by atoms with Crippen LogP contribution in [0.3, 0.4) is 0 Å². The second kappa shape index (κ2) is 4.18. The molecule has 2 N–H and O–H groups in total. The summed E-state index contributed by atoms with van der Waals surface area (Å²) in [6, 6.07) is 8.79. The molecule has 0 amide bonds. The molecular formula is C13H14BrN3. The topological polar surface area (TPSA) is 43.8 Å². The van der Waals surface area contributed by atoms with E-state index in [-0.39, 0.29) is 0 Å². The lowest BCUT2D eigenvalue weighted by molar-refractivity contribution is 0.697. The number of nitrogens with two attached hydrogens (primary N) is 1. The van der Waals surface area contributed by atoms with E-state index in [0.29, 0.717) is 5.82 Å². The molecule has 0 unspecified atom stereocenters. The van der Waals surface area contributed by atoms with Crippen molar-refractivity contribution >= 4 is 21.7 Å². The lowest BCUT2D eigenvalue weighted by atomic mass is 10.1. The minimum Gasteiger partial charge on any atom is -0.383 e. The van der Waals surface area contributed by atoms with Gasteiger partial charge in [0.25, 0.3) is 0 Å². The molecule has 17 heavy (non-hydrogen) atoms. The lowest BCUT2D eigenvalue weighted by Gasteiger charge is -2.05. The van der Waals surface area contributed by atoms with Gasteiger partial charge in [-0.1, -0.05) is 24.3 Å². The van der Waals surface area contributed by atoms with Crippen LogP contribution in [0.1, 0.15) is 29.9 Å². The molecule has 3 nitrogen and oxygen atoms in total. The normalized spacial score (nSPS) is 15.1. The van der Waals surface area contributed by atoms with E-state index in [0.717, 1.165) is 16.9 Å². The summed E-state index contributed by atoms with van der Waals surface area (Å²) in [5, 5.41) is 4.23. The van der Waals surface area contributed by atoms with Crippen LogP contribution < -0.4 is 5.73 Å². The number of benzene rings is 1. The van der Waals surface area contributed by atoms with Gasteiger partial charge in [-0.15, -0.1) is 0 Å². The van der Waals surface area contributed by atoms with E-state index in [1.807, 2.05) is 0 Å². The van der Waals surface area contributed by atoms with Crippen LogP contribution in [0.4, 0.5) is 5.82 Å². The van der Waals surface area contributed by atoms with Gasteiger partial charge in [-0.05, 0) is 45.8 Å².